The molecule has 0 aliphatic carbocycles. The average Bonchev–Trinajstić information content (AvgIpc) is 3.19. The van der Waals surface area contributed by atoms with Crippen molar-refractivity contribution >= 4 is 34.2 Å². The SMILES string of the molecule is C=CCn1c(=O)c2ccccc2n2c(SC(C)C(=O)c3ccc(OC)cc3)nnc12. The molecule has 0 bridgehead atoms. The quantitative estimate of drug-likeness (QED) is 0.258. The fourth-order valence-electron chi connectivity index (χ4n) is 3.31. The monoisotopic (exact) mass is 420 g/mol. The Morgan fingerprint density at radius 3 is 2.63 bits per heavy atom. The van der Waals surface area contributed by atoms with E-state index in [9.17, 15) is 9.59 Å². The van der Waals surface area contributed by atoms with Crippen LogP contribution < -0.4 is 10.3 Å². The number of thioether (sulfide) groups is 1. The number of methoxy groups -OCH3 is 1. The molecule has 0 aliphatic heterocycles. The third kappa shape index (κ3) is 3.39. The fraction of sp³-hybridized carbons (Fsp3) is 0.182. The molecular formula is C22H20N4O3S. The van der Waals surface area contributed by atoms with Gasteiger partial charge in [-0.1, -0.05) is 30.0 Å². The molecule has 2 aromatic heterocycles. The van der Waals surface area contributed by atoms with Gasteiger partial charge >= 0.3 is 0 Å². The average molecular weight is 420 g/mol. The van der Waals surface area contributed by atoms with Gasteiger partial charge < -0.3 is 4.74 Å². The molecule has 4 aromatic rings. The molecule has 152 valence electrons. The van der Waals surface area contributed by atoms with Crippen LogP contribution in [0.3, 0.4) is 0 Å². The number of hydrogen-bond acceptors (Lipinski definition) is 6. The highest BCUT2D eigenvalue weighted by Crippen LogP contribution is 2.27. The molecule has 0 amide bonds. The van der Waals surface area contributed by atoms with E-state index in [1.807, 2.05) is 29.5 Å². The molecule has 0 radical (unpaired) electrons. The first-order valence-corrected chi connectivity index (χ1v) is 10.3. The fourth-order valence-corrected chi connectivity index (χ4v) is 4.24. The highest BCUT2D eigenvalue weighted by molar-refractivity contribution is 8.00. The Hall–Kier alpha value is -3.39. The first-order chi connectivity index (χ1) is 14.5. The van der Waals surface area contributed by atoms with Crippen molar-refractivity contribution in [1.82, 2.24) is 19.2 Å². The maximum Gasteiger partial charge on any atom is 0.263 e. The number of nitrogens with zero attached hydrogens (tertiary/aromatic N) is 4. The van der Waals surface area contributed by atoms with Crippen LogP contribution >= 0.6 is 11.8 Å². The second-order valence-corrected chi connectivity index (χ2v) is 8.00. The molecule has 7 nitrogen and oxygen atoms in total. The normalized spacial score (nSPS) is 12.2. The van der Waals surface area contributed by atoms with Gasteiger partial charge in [0.25, 0.3) is 5.56 Å². The van der Waals surface area contributed by atoms with Crippen LogP contribution in [0.2, 0.25) is 0 Å². The largest absolute Gasteiger partial charge is 0.497 e. The summed E-state index contributed by atoms with van der Waals surface area (Å²) >= 11 is 1.31. The van der Waals surface area contributed by atoms with E-state index in [-0.39, 0.29) is 11.3 Å². The first kappa shape index (κ1) is 19.9. The van der Waals surface area contributed by atoms with Gasteiger partial charge in [-0.25, -0.2) is 0 Å². The topological polar surface area (TPSA) is 78.5 Å². The Balaban J connectivity index is 1.76. The number of rotatable bonds is 7. The molecule has 0 fully saturated rings. The van der Waals surface area contributed by atoms with E-state index in [1.54, 1.807) is 43.5 Å². The molecule has 0 spiro atoms. The van der Waals surface area contributed by atoms with E-state index in [2.05, 4.69) is 16.8 Å². The number of aromatic nitrogens is 4. The molecule has 8 heteroatoms. The summed E-state index contributed by atoms with van der Waals surface area (Å²) < 4.78 is 8.50. The van der Waals surface area contributed by atoms with Crippen LogP contribution in [0.4, 0.5) is 0 Å². The molecule has 0 saturated carbocycles. The summed E-state index contributed by atoms with van der Waals surface area (Å²) in [6, 6.07) is 14.3. The van der Waals surface area contributed by atoms with Crippen LogP contribution in [-0.2, 0) is 6.54 Å². The van der Waals surface area contributed by atoms with Gasteiger partial charge in [0.05, 0.1) is 23.3 Å². The Kier molecular flexibility index (Phi) is 5.41. The molecule has 0 aliphatic rings. The standard InChI is InChI=1S/C22H20N4O3S/c1-4-13-25-20(28)17-7-5-6-8-18(17)26-21(25)23-24-22(26)30-14(2)19(27)15-9-11-16(29-3)12-10-15/h4-12,14H,1,13H2,2-3H3. The summed E-state index contributed by atoms with van der Waals surface area (Å²) in [5, 5.41) is 9.23. The van der Waals surface area contributed by atoms with Crippen LogP contribution in [0.1, 0.15) is 17.3 Å². The lowest BCUT2D eigenvalue weighted by molar-refractivity contribution is 0.0994. The summed E-state index contributed by atoms with van der Waals surface area (Å²) in [7, 11) is 1.59. The molecular weight excluding hydrogens is 400 g/mol. The lowest BCUT2D eigenvalue weighted by atomic mass is 10.1. The van der Waals surface area contributed by atoms with Gasteiger partial charge in [0.1, 0.15) is 5.75 Å². The number of para-hydroxylation sites is 1. The molecule has 0 saturated heterocycles. The van der Waals surface area contributed by atoms with Gasteiger partial charge in [-0.15, -0.1) is 16.8 Å². The van der Waals surface area contributed by atoms with Crippen molar-refractivity contribution in [3.8, 4) is 5.75 Å². The van der Waals surface area contributed by atoms with Crippen molar-refractivity contribution in [1.29, 1.82) is 0 Å². The van der Waals surface area contributed by atoms with E-state index in [0.717, 1.165) is 0 Å². The zero-order valence-electron chi connectivity index (χ0n) is 16.6. The minimum atomic E-state index is -0.399. The number of hydrogen-bond donors (Lipinski definition) is 0. The number of fused-ring (bicyclic) bond motifs is 3. The van der Waals surface area contributed by atoms with Gasteiger partial charge in [0, 0.05) is 12.1 Å². The second kappa shape index (κ2) is 8.16. The highest BCUT2D eigenvalue weighted by Gasteiger charge is 2.22. The maximum absolute atomic E-state index is 12.9. The van der Waals surface area contributed by atoms with Gasteiger partial charge in [-0.2, -0.15) is 0 Å². The molecule has 2 aromatic carbocycles. The summed E-state index contributed by atoms with van der Waals surface area (Å²) in [5.74, 6) is 1.09. The van der Waals surface area contributed by atoms with Gasteiger partial charge in [0.2, 0.25) is 5.78 Å². The summed E-state index contributed by atoms with van der Waals surface area (Å²) in [5.41, 5.74) is 1.15. The van der Waals surface area contributed by atoms with E-state index in [1.165, 1.54) is 16.3 Å². The van der Waals surface area contributed by atoms with E-state index < -0.39 is 5.25 Å². The zero-order valence-corrected chi connectivity index (χ0v) is 17.4. The Bertz CT molecular complexity index is 1310. The third-order valence-electron chi connectivity index (χ3n) is 4.82. The number of carbonyl (C=O) groups is 1. The number of benzene rings is 2. The van der Waals surface area contributed by atoms with Crippen LogP contribution in [0, 0.1) is 0 Å². The van der Waals surface area contributed by atoms with Crippen molar-refractivity contribution in [2.24, 2.45) is 0 Å². The summed E-state index contributed by atoms with van der Waals surface area (Å²) in [4.78, 5) is 25.8. The zero-order chi connectivity index (χ0) is 21.3. The summed E-state index contributed by atoms with van der Waals surface area (Å²) in [6.07, 6.45) is 1.65. The second-order valence-electron chi connectivity index (χ2n) is 6.69. The number of carbonyl (C=O) groups excluding carboxylic acids is 1. The van der Waals surface area contributed by atoms with Gasteiger partial charge in [0.15, 0.2) is 10.9 Å². The van der Waals surface area contributed by atoms with Crippen LogP contribution in [0.15, 0.2) is 71.1 Å². The van der Waals surface area contributed by atoms with Crippen LogP contribution in [-0.4, -0.2) is 37.3 Å². The first-order valence-electron chi connectivity index (χ1n) is 9.37. The lowest BCUT2D eigenvalue weighted by Gasteiger charge is -2.12. The van der Waals surface area contributed by atoms with Crippen molar-refractivity contribution in [3.63, 3.8) is 0 Å². The number of allylic oxidation sites excluding steroid dienone is 1. The Morgan fingerprint density at radius 1 is 1.20 bits per heavy atom. The smallest absolute Gasteiger partial charge is 0.263 e. The highest BCUT2D eigenvalue weighted by atomic mass is 32.2. The minimum absolute atomic E-state index is 0.0249. The van der Waals surface area contributed by atoms with Gasteiger partial charge in [-0.05, 0) is 43.3 Å². The number of ether oxygens (including phenoxy) is 1. The molecule has 1 unspecified atom stereocenters. The Morgan fingerprint density at radius 2 is 1.93 bits per heavy atom. The lowest BCUT2D eigenvalue weighted by Crippen LogP contribution is -2.23. The van der Waals surface area contributed by atoms with Crippen molar-refractivity contribution in [3.05, 3.63) is 77.1 Å². The van der Waals surface area contributed by atoms with E-state index in [4.69, 9.17) is 4.74 Å². The number of ketones is 1. The van der Waals surface area contributed by atoms with Crippen molar-refractivity contribution < 1.29 is 9.53 Å². The van der Waals surface area contributed by atoms with Crippen LogP contribution in [0.25, 0.3) is 16.7 Å². The van der Waals surface area contributed by atoms with Gasteiger partial charge in [-0.3, -0.25) is 18.6 Å². The van der Waals surface area contributed by atoms with Crippen molar-refractivity contribution in [2.45, 2.75) is 23.9 Å². The number of Topliss-reactive ketones (excluding diaryl/α,β-unsaturated/α-hetero) is 1. The van der Waals surface area contributed by atoms with Crippen LogP contribution in [0.5, 0.6) is 5.75 Å². The molecule has 4 rings (SSSR count). The Labute approximate surface area is 177 Å². The predicted octanol–water partition coefficient (Wildman–Crippen LogP) is 3.60. The molecule has 1 atom stereocenters. The molecule has 0 N–H and O–H groups in total. The molecule has 30 heavy (non-hydrogen) atoms. The molecule has 2 heterocycles. The third-order valence-corrected chi connectivity index (χ3v) is 5.86. The minimum Gasteiger partial charge on any atom is -0.497 e. The van der Waals surface area contributed by atoms with Crippen molar-refractivity contribution in [2.75, 3.05) is 7.11 Å². The summed E-state index contributed by atoms with van der Waals surface area (Å²) in [6.45, 7) is 5.88. The van der Waals surface area contributed by atoms with E-state index in [0.29, 0.717) is 39.7 Å². The van der Waals surface area contributed by atoms with E-state index >= 15 is 0 Å². The predicted molar refractivity (Wildman–Crippen MR) is 118 cm³/mol. The maximum atomic E-state index is 12.9.